The minimum absolute atomic E-state index is 0.0505. The Morgan fingerprint density at radius 1 is 1.35 bits per heavy atom. The Labute approximate surface area is 120 Å². The molecule has 2 unspecified atom stereocenters. The molecule has 4 nitrogen and oxygen atoms in total. The van der Waals surface area contributed by atoms with Gasteiger partial charge in [0.2, 0.25) is 5.91 Å². The molecule has 1 heterocycles. The number of carbonyl (C=O) groups is 1. The first-order chi connectivity index (χ1) is 9.72. The number of piperidine rings is 1. The molecule has 1 fully saturated rings. The first-order valence-corrected chi connectivity index (χ1v) is 7.42. The molecule has 1 aliphatic heterocycles. The summed E-state index contributed by atoms with van der Waals surface area (Å²) in [4.78, 5) is 12.1. The molecule has 0 aliphatic carbocycles. The van der Waals surface area contributed by atoms with Crippen molar-refractivity contribution in [3.63, 3.8) is 0 Å². The highest BCUT2D eigenvalue weighted by molar-refractivity contribution is 5.81. The monoisotopic (exact) mass is 276 g/mol. The van der Waals surface area contributed by atoms with Crippen LogP contribution in [0.4, 0.5) is 0 Å². The highest BCUT2D eigenvalue weighted by Crippen LogP contribution is 2.19. The predicted octanol–water partition coefficient (Wildman–Crippen LogP) is 1.57. The fourth-order valence-electron chi connectivity index (χ4n) is 2.64. The van der Waals surface area contributed by atoms with E-state index in [9.17, 15) is 4.79 Å². The van der Waals surface area contributed by atoms with Crippen LogP contribution in [0, 0.1) is 5.92 Å². The molecule has 1 aromatic carbocycles. The van der Waals surface area contributed by atoms with Crippen LogP contribution in [0.15, 0.2) is 24.3 Å². The molecule has 0 bridgehead atoms. The first kappa shape index (κ1) is 15.0. The molecule has 1 aliphatic rings. The zero-order chi connectivity index (χ0) is 14.4. The van der Waals surface area contributed by atoms with Gasteiger partial charge >= 0.3 is 0 Å². The fourth-order valence-corrected chi connectivity index (χ4v) is 2.64. The standard InChI is InChI=1S/C16H24N2O2/c1-2-12-7-8-17-15(9-12)16(20)18-10-13-3-5-14(11-19)6-4-13/h3-6,12,15,17,19H,2,7-11H2,1H3,(H,18,20). The van der Waals surface area contributed by atoms with Crippen molar-refractivity contribution in [2.45, 2.75) is 45.4 Å². The lowest BCUT2D eigenvalue weighted by molar-refractivity contribution is -0.124. The van der Waals surface area contributed by atoms with Gasteiger partial charge in [-0.05, 0) is 36.4 Å². The fraction of sp³-hybridized carbons (Fsp3) is 0.562. The van der Waals surface area contributed by atoms with E-state index in [-0.39, 0.29) is 18.6 Å². The number of amides is 1. The Morgan fingerprint density at radius 2 is 2.05 bits per heavy atom. The molecule has 110 valence electrons. The van der Waals surface area contributed by atoms with Crippen LogP contribution < -0.4 is 10.6 Å². The average molecular weight is 276 g/mol. The summed E-state index contributed by atoms with van der Waals surface area (Å²) >= 11 is 0. The highest BCUT2D eigenvalue weighted by Gasteiger charge is 2.25. The molecule has 0 saturated carbocycles. The molecular weight excluding hydrogens is 252 g/mol. The quantitative estimate of drug-likeness (QED) is 0.765. The Kier molecular flexibility index (Phi) is 5.56. The SMILES string of the molecule is CCC1CCNC(C(=O)NCc2ccc(CO)cc2)C1. The molecule has 1 aromatic rings. The van der Waals surface area contributed by atoms with Crippen LogP contribution in [0.25, 0.3) is 0 Å². The third kappa shape index (κ3) is 4.05. The van der Waals surface area contributed by atoms with E-state index in [2.05, 4.69) is 17.6 Å². The number of carbonyl (C=O) groups excluding carboxylic acids is 1. The smallest absolute Gasteiger partial charge is 0.237 e. The van der Waals surface area contributed by atoms with Gasteiger partial charge in [-0.25, -0.2) is 0 Å². The number of nitrogens with one attached hydrogen (secondary N) is 2. The van der Waals surface area contributed by atoms with E-state index >= 15 is 0 Å². The van der Waals surface area contributed by atoms with E-state index in [1.165, 1.54) is 6.42 Å². The van der Waals surface area contributed by atoms with Crippen LogP contribution in [-0.4, -0.2) is 23.6 Å². The normalized spacial score (nSPS) is 22.5. The van der Waals surface area contributed by atoms with Crippen molar-refractivity contribution >= 4 is 5.91 Å². The molecule has 2 atom stereocenters. The first-order valence-electron chi connectivity index (χ1n) is 7.42. The van der Waals surface area contributed by atoms with Crippen LogP contribution in [0.1, 0.15) is 37.3 Å². The van der Waals surface area contributed by atoms with Crippen LogP contribution >= 0.6 is 0 Å². The van der Waals surface area contributed by atoms with Crippen LogP contribution in [0.3, 0.4) is 0 Å². The summed E-state index contributed by atoms with van der Waals surface area (Å²) in [6.45, 7) is 3.71. The van der Waals surface area contributed by atoms with Crippen LogP contribution in [0.5, 0.6) is 0 Å². The van der Waals surface area contributed by atoms with Crippen LogP contribution in [-0.2, 0) is 17.9 Å². The topological polar surface area (TPSA) is 61.4 Å². The molecule has 2 rings (SSSR count). The van der Waals surface area contributed by atoms with Gasteiger partial charge in [0.15, 0.2) is 0 Å². The minimum Gasteiger partial charge on any atom is -0.392 e. The zero-order valence-corrected chi connectivity index (χ0v) is 12.1. The Hall–Kier alpha value is -1.39. The Morgan fingerprint density at radius 3 is 2.70 bits per heavy atom. The van der Waals surface area contributed by atoms with E-state index in [0.717, 1.165) is 30.5 Å². The third-order valence-electron chi connectivity index (χ3n) is 4.08. The summed E-state index contributed by atoms with van der Waals surface area (Å²) in [5.41, 5.74) is 1.94. The van der Waals surface area contributed by atoms with Gasteiger partial charge in [0.05, 0.1) is 12.6 Å². The molecule has 4 heteroatoms. The Bertz CT molecular complexity index is 431. The average Bonchev–Trinajstić information content (AvgIpc) is 2.53. The second kappa shape index (κ2) is 7.41. The van der Waals surface area contributed by atoms with Crippen molar-refractivity contribution in [2.75, 3.05) is 6.54 Å². The van der Waals surface area contributed by atoms with Gasteiger partial charge in [0.25, 0.3) is 0 Å². The lowest BCUT2D eigenvalue weighted by Gasteiger charge is -2.28. The molecule has 0 spiro atoms. The lowest BCUT2D eigenvalue weighted by Crippen LogP contribution is -2.48. The molecule has 0 radical (unpaired) electrons. The summed E-state index contributed by atoms with van der Waals surface area (Å²) in [5, 5.41) is 15.3. The van der Waals surface area contributed by atoms with Gasteiger partial charge in [-0.3, -0.25) is 4.79 Å². The van der Waals surface area contributed by atoms with E-state index in [1.54, 1.807) is 0 Å². The predicted molar refractivity (Wildman–Crippen MR) is 79.0 cm³/mol. The minimum atomic E-state index is -0.0505. The largest absolute Gasteiger partial charge is 0.392 e. The molecule has 1 saturated heterocycles. The number of rotatable bonds is 5. The third-order valence-corrected chi connectivity index (χ3v) is 4.08. The molecule has 3 N–H and O–H groups in total. The van der Waals surface area contributed by atoms with Crippen molar-refractivity contribution in [3.8, 4) is 0 Å². The zero-order valence-electron chi connectivity index (χ0n) is 12.1. The number of aliphatic hydroxyl groups is 1. The number of benzene rings is 1. The van der Waals surface area contributed by atoms with Crippen molar-refractivity contribution in [1.82, 2.24) is 10.6 Å². The Balaban J connectivity index is 1.81. The highest BCUT2D eigenvalue weighted by atomic mass is 16.3. The molecular formula is C16H24N2O2. The summed E-state index contributed by atoms with van der Waals surface area (Å²) in [6.07, 6.45) is 3.25. The van der Waals surface area contributed by atoms with Crippen LogP contribution in [0.2, 0.25) is 0 Å². The van der Waals surface area contributed by atoms with Crippen molar-refractivity contribution in [2.24, 2.45) is 5.92 Å². The molecule has 0 aromatic heterocycles. The lowest BCUT2D eigenvalue weighted by atomic mass is 9.90. The van der Waals surface area contributed by atoms with E-state index in [0.29, 0.717) is 12.5 Å². The summed E-state index contributed by atoms with van der Waals surface area (Å²) in [5.74, 6) is 0.755. The van der Waals surface area contributed by atoms with E-state index in [1.807, 2.05) is 24.3 Å². The second-order valence-corrected chi connectivity index (χ2v) is 5.50. The van der Waals surface area contributed by atoms with Gasteiger partial charge in [-0.2, -0.15) is 0 Å². The summed E-state index contributed by atoms with van der Waals surface area (Å²) in [7, 11) is 0. The maximum Gasteiger partial charge on any atom is 0.237 e. The van der Waals surface area contributed by atoms with Gasteiger partial charge < -0.3 is 15.7 Å². The van der Waals surface area contributed by atoms with E-state index < -0.39 is 0 Å². The van der Waals surface area contributed by atoms with E-state index in [4.69, 9.17) is 5.11 Å². The summed E-state index contributed by atoms with van der Waals surface area (Å²) < 4.78 is 0. The van der Waals surface area contributed by atoms with Crippen molar-refractivity contribution in [3.05, 3.63) is 35.4 Å². The number of aliphatic hydroxyl groups excluding tert-OH is 1. The summed E-state index contributed by atoms with van der Waals surface area (Å²) in [6, 6.07) is 7.59. The van der Waals surface area contributed by atoms with Gasteiger partial charge in [-0.1, -0.05) is 37.6 Å². The number of hydrogen-bond donors (Lipinski definition) is 3. The van der Waals surface area contributed by atoms with Crippen molar-refractivity contribution in [1.29, 1.82) is 0 Å². The van der Waals surface area contributed by atoms with Gasteiger partial charge in [0.1, 0.15) is 0 Å². The molecule has 1 amide bonds. The van der Waals surface area contributed by atoms with Gasteiger partial charge in [-0.15, -0.1) is 0 Å². The maximum absolute atomic E-state index is 12.1. The molecule has 20 heavy (non-hydrogen) atoms. The maximum atomic E-state index is 12.1. The van der Waals surface area contributed by atoms with Crippen molar-refractivity contribution < 1.29 is 9.90 Å². The second-order valence-electron chi connectivity index (χ2n) is 5.50. The number of hydrogen-bond acceptors (Lipinski definition) is 3. The van der Waals surface area contributed by atoms with Gasteiger partial charge in [0, 0.05) is 6.54 Å².